The number of nitrogens with zero attached hydrogens (tertiary/aromatic N) is 2. The summed E-state index contributed by atoms with van der Waals surface area (Å²) in [6, 6.07) is 2.89. The lowest BCUT2D eigenvalue weighted by atomic mass is 10.1. The molecule has 4 rings (SSSR count). The smallest absolute Gasteiger partial charge is 0.342 e. The van der Waals surface area contributed by atoms with Crippen molar-refractivity contribution in [2.75, 3.05) is 36.8 Å². The number of halogens is 1. The van der Waals surface area contributed by atoms with E-state index in [0.717, 1.165) is 13.1 Å². The minimum Gasteiger partial charge on any atom is -0.477 e. The predicted molar refractivity (Wildman–Crippen MR) is 90.9 cm³/mol. The van der Waals surface area contributed by atoms with Crippen LogP contribution in [0.3, 0.4) is 0 Å². The van der Waals surface area contributed by atoms with Gasteiger partial charge in [-0.15, -0.1) is 11.8 Å². The Morgan fingerprint density at radius 1 is 1.25 bits per heavy atom. The van der Waals surface area contributed by atoms with Crippen LogP contribution in [0.2, 0.25) is 0 Å². The fraction of sp³-hybridized carbons (Fsp3) is 0.375. The quantitative estimate of drug-likeness (QED) is 0.853. The van der Waals surface area contributed by atoms with Crippen molar-refractivity contribution in [2.45, 2.75) is 11.6 Å². The molecule has 2 aliphatic rings. The van der Waals surface area contributed by atoms with Crippen LogP contribution in [0.25, 0.3) is 10.9 Å². The maximum absolute atomic E-state index is 14.6. The molecule has 0 radical (unpaired) electrons. The molecule has 24 heavy (non-hydrogen) atoms. The number of carbonyl (C=O) groups is 1. The van der Waals surface area contributed by atoms with Gasteiger partial charge in [-0.3, -0.25) is 4.79 Å². The molecule has 0 amide bonds. The number of aryl methyl sites for hydroxylation is 1. The lowest BCUT2D eigenvalue weighted by Gasteiger charge is -2.30. The Kier molecular flexibility index (Phi) is 3.73. The number of pyridine rings is 1. The molecule has 1 saturated heterocycles. The fourth-order valence-electron chi connectivity index (χ4n) is 3.37. The maximum Gasteiger partial charge on any atom is 0.342 e. The van der Waals surface area contributed by atoms with Gasteiger partial charge in [0.1, 0.15) is 11.4 Å². The molecular weight excluding hydrogens is 333 g/mol. The number of piperazine rings is 1. The van der Waals surface area contributed by atoms with E-state index in [9.17, 15) is 19.1 Å². The molecule has 126 valence electrons. The molecule has 2 N–H and O–H groups in total. The number of anilines is 1. The molecule has 0 unspecified atom stereocenters. The second-order valence-electron chi connectivity index (χ2n) is 5.87. The zero-order valence-corrected chi connectivity index (χ0v) is 13.7. The normalized spacial score (nSPS) is 17.3. The zero-order valence-electron chi connectivity index (χ0n) is 12.8. The number of hydrogen-bond donors (Lipinski definition) is 2. The topological polar surface area (TPSA) is 74.6 Å². The van der Waals surface area contributed by atoms with Crippen LogP contribution in [0.15, 0.2) is 22.0 Å². The lowest BCUT2D eigenvalue weighted by Crippen LogP contribution is -2.43. The molecule has 8 heteroatoms. The molecular formula is C16H16FN3O3S. The van der Waals surface area contributed by atoms with Crippen LogP contribution in [-0.4, -0.2) is 47.6 Å². The van der Waals surface area contributed by atoms with Crippen molar-refractivity contribution in [1.29, 1.82) is 0 Å². The van der Waals surface area contributed by atoms with E-state index < -0.39 is 17.2 Å². The highest BCUT2D eigenvalue weighted by molar-refractivity contribution is 7.99. The van der Waals surface area contributed by atoms with E-state index >= 15 is 0 Å². The number of benzene rings is 1. The summed E-state index contributed by atoms with van der Waals surface area (Å²) in [5.41, 5.74) is 0.223. The molecule has 1 fully saturated rings. The van der Waals surface area contributed by atoms with Gasteiger partial charge < -0.3 is 19.9 Å². The van der Waals surface area contributed by atoms with Gasteiger partial charge in [0.05, 0.1) is 16.2 Å². The van der Waals surface area contributed by atoms with Crippen molar-refractivity contribution in [1.82, 2.24) is 9.88 Å². The Morgan fingerprint density at radius 2 is 2.00 bits per heavy atom. The highest BCUT2D eigenvalue weighted by atomic mass is 32.2. The fourth-order valence-corrected chi connectivity index (χ4v) is 4.51. The van der Waals surface area contributed by atoms with Gasteiger partial charge in [0.25, 0.3) is 0 Å². The molecule has 3 heterocycles. The number of aromatic nitrogens is 1. The van der Waals surface area contributed by atoms with Gasteiger partial charge in [0.15, 0.2) is 0 Å². The van der Waals surface area contributed by atoms with Gasteiger partial charge in [-0.2, -0.15) is 0 Å². The molecule has 0 spiro atoms. The molecule has 0 atom stereocenters. The second-order valence-corrected chi connectivity index (χ2v) is 6.96. The first-order chi connectivity index (χ1) is 11.6. The van der Waals surface area contributed by atoms with E-state index in [0.29, 0.717) is 41.6 Å². The SMILES string of the molecule is O=C(O)c1c2n(c3cc(N4CCNCC4)c(F)cc3c1=O)CCS2. The van der Waals surface area contributed by atoms with E-state index in [-0.39, 0.29) is 10.9 Å². The number of nitrogens with one attached hydrogen (secondary N) is 1. The van der Waals surface area contributed by atoms with Crippen LogP contribution in [0.4, 0.5) is 10.1 Å². The standard InChI is InChI=1S/C16H16FN3O3S/c17-10-7-9-11(8-12(10)19-3-1-18-2-4-19)20-5-6-24-15(20)13(14(9)21)16(22)23/h7-8,18H,1-6H2,(H,22,23). The van der Waals surface area contributed by atoms with Crippen molar-refractivity contribution < 1.29 is 14.3 Å². The van der Waals surface area contributed by atoms with E-state index in [1.165, 1.54) is 17.8 Å². The van der Waals surface area contributed by atoms with Crippen LogP contribution < -0.4 is 15.6 Å². The third-order valence-corrected chi connectivity index (χ3v) is 5.60. The first-order valence-corrected chi connectivity index (χ1v) is 8.78. The number of carboxylic acid groups (broad SMARTS) is 1. The van der Waals surface area contributed by atoms with Crippen molar-refractivity contribution in [3.63, 3.8) is 0 Å². The van der Waals surface area contributed by atoms with Crippen LogP contribution in [0, 0.1) is 5.82 Å². The Bertz CT molecular complexity index is 906. The summed E-state index contributed by atoms with van der Waals surface area (Å²) < 4.78 is 16.4. The number of hydrogen-bond acceptors (Lipinski definition) is 5. The Labute approximate surface area is 141 Å². The van der Waals surface area contributed by atoms with Crippen LogP contribution >= 0.6 is 11.8 Å². The number of rotatable bonds is 2. The third-order valence-electron chi connectivity index (χ3n) is 4.51. The summed E-state index contributed by atoms with van der Waals surface area (Å²) in [6.45, 7) is 3.57. The Balaban J connectivity index is 1.99. The van der Waals surface area contributed by atoms with Gasteiger partial charge in [-0.05, 0) is 12.1 Å². The minimum atomic E-state index is -1.26. The molecule has 6 nitrogen and oxygen atoms in total. The van der Waals surface area contributed by atoms with Crippen LogP contribution in [0.1, 0.15) is 10.4 Å². The molecule has 0 bridgehead atoms. The number of aromatic carboxylic acids is 1. The largest absolute Gasteiger partial charge is 0.477 e. The number of fused-ring (bicyclic) bond motifs is 3. The minimum absolute atomic E-state index is 0.134. The predicted octanol–water partition coefficient (Wildman–Crippen LogP) is 1.35. The average molecular weight is 349 g/mol. The van der Waals surface area contributed by atoms with Crippen molar-refractivity contribution >= 4 is 34.3 Å². The first-order valence-electron chi connectivity index (χ1n) is 7.79. The lowest BCUT2D eigenvalue weighted by molar-refractivity contribution is 0.0690. The highest BCUT2D eigenvalue weighted by Crippen LogP contribution is 2.34. The molecule has 2 aromatic rings. The molecule has 2 aliphatic heterocycles. The summed E-state index contributed by atoms with van der Waals surface area (Å²) in [5, 5.41) is 13.2. The summed E-state index contributed by atoms with van der Waals surface area (Å²) in [6.07, 6.45) is 0. The first kappa shape index (κ1) is 15.5. The van der Waals surface area contributed by atoms with E-state index in [1.54, 1.807) is 6.07 Å². The molecule has 1 aromatic heterocycles. The van der Waals surface area contributed by atoms with E-state index in [4.69, 9.17) is 0 Å². The summed E-state index contributed by atoms with van der Waals surface area (Å²) >= 11 is 1.36. The van der Waals surface area contributed by atoms with Crippen LogP contribution in [-0.2, 0) is 6.54 Å². The zero-order chi connectivity index (χ0) is 16.8. The second kappa shape index (κ2) is 5.78. The Morgan fingerprint density at radius 3 is 2.71 bits per heavy atom. The number of carboxylic acids is 1. The van der Waals surface area contributed by atoms with Crippen molar-refractivity contribution in [3.05, 3.63) is 33.7 Å². The van der Waals surface area contributed by atoms with Gasteiger partial charge in [-0.25, -0.2) is 9.18 Å². The molecule has 0 aliphatic carbocycles. The summed E-state index contributed by atoms with van der Waals surface area (Å²) in [7, 11) is 0. The van der Waals surface area contributed by atoms with Gasteiger partial charge in [0, 0.05) is 43.9 Å². The van der Waals surface area contributed by atoms with Crippen molar-refractivity contribution in [3.8, 4) is 0 Å². The molecule has 0 saturated carbocycles. The monoisotopic (exact) mass is 349 g/mol. The Hall–Kier alpha value is -2.06. The maximum atomic E-state index is 14.6. The van der Waals surface area contributed by atoms with Crippen molar-refractivity contribution in [2.24, 2.45) is 0 Å². The van der Waals surface area contributed by atoms with Gasteiger partial charge in [0.2, 0.25) is 5.43 Å². The summed E-state index contributed by atoms with van der Waals surface area (Å²) in [5.74, 6) is -1.03. The van der Waals surface area contributed by atoms with E-state index in [2.05, 4.69) is 5.32 Å². The molecule has 1 aromatic carbocycles. The van der Waals surface area contributed by atoms with Gasteiger partial charge >= 0.3 is 5.97 Å². The van der Waals surface area contributed by atoms with Crippen LogP contribution in [0.5, 0.6) is 0 Å². The highest BCUT2D eigenvalue weighted by Gasteiger charge is 2.27. The number of thioether (sulfide) groups is 1. The third kappa shape index (κ3) is 2.29. The average Bonchev–Trinajstić information content (AvgIpc) is 3.04. The van der Waals surface area contributed by atoms with E-state index in [1.807, 2.05) is 9.47 Å². The van der Waals surface area contributed by atoms with Gasteiger partial charge in [-0.1, -0.05) is 0 Å². The summed E-state index contributed by atoms with van der Waals surface area (Å²) in [4.78, 5) is 26.0.